The molecule has 1 amide bonds. The van der Waals surface area contributed by atoms with Gasteiger partial charge < -0.3 is 9.64 Å². The first kappa shape index (κ1) is 27.0. The smallest absolute Gasteiger partial charge is 0.373 e. The van der Waals surface area contributed by atoms with Crippen molar-refractivity contribution < 1.29 is 35.9 Å². The van der Waals surface area contributed by atoms with E-state index in [0.29, 0.717) is 50.8 Å². The van der Waals surface area contributed by atoms with Crippen LogP contribution in [0.4, 0.5) is 26.3 Å². The van der Waals surface area contributed by atoms with Crippen molar-refractivity contribution in [1.29, 1.82) is 5.26 Å². The molecule has 37 heavy (non-hydrogen) atoms. The summed E-state index contributed by atoms with van der Waals surface area (Å²) in [6, 6.07) is 13.1. The summed E-state index contributed by atoms with van der Waals surface area (Å²) in [5, 5.41) is 9.93. The molecule has 0 aromatic heterocycles. The second-order valence-corrected chi connectivity index (χ2v) is 9.88. The molecule has 0 spiro atoms. The summed E-state index contributed by atoms with van der Waals surface area (Å²) in [5.41, 5.74) is -3.62. The van der Waals surface area contributed by atoms with Crippen LogP contribution >= 0.6 is 0 Å². The quantitative estimate of drug-likeness (QED) is 0.308. The third kappa shape index (κ3) is 5.33. The lowest BCUT2D eigenvalue weighted by atomic mass is 9.64. The zero-order valence-corrected chi connectivity index (χ0v) is 20.1. The van der Waals surface area contributed by atoms with Crippen LogP contribution in [0.5, 0.6) is 0 Å². The standard InChI is InChI=1S/C27H26F6N2O2/c1-18(19-13-21(26(28,29)30)15-22(14-19)27(31,32)33)37-17-24(20-5-3-2-4-6-20)8-10-25(16-34,11-9-24)35-12-7-23(35)36/h2-6,13-15,18H,7-12,17H2,1H3/t18-,24?,25?/m1/s1. The van der Waals surface area contributed by atoms with Crippen molar-refractivity contribution in [2.75, 3.05) is 13.2 Å². The van der Waals surface area contributed by atoms with Gasteiger partial charge in [0.15, 0.2) is 0 Å². The summed E-state index contributed by atoms with van der Waals surface area (Å²) in [7, 11) is 0. The molecule has 1 aliphatic carbocycles. The molecule has 2 aliphatic rings. The van der Waals surface area contributed by atoms with Gasteiger partial charge in [-0.25, -0.2) is 0 Å². The summed E-state index contributed by atoms with van der Waals surface area (Å²) < 4.78 is 86.0. The number of halogens is 6. The molecule has 0 unspecified atom stereocenters. The van der Waals surface area contributed by atoms with Crippen LogP contribution in [0.2, 0.25) is 0 Å². The first-order valence-electron chi connectivity index (χ1n) is 12.0. The van der Waals surface area contributed by atoms with Gasteiger partial charge in [0.2, 0.25) is 5.91 Å². The normalized spacial score (nSPS) is 25.4. The highest BCUT2D eigenvalue weighted by Crippen LogP contribution is 2.47. The highest BCUT2D eigenvalue weighted by atomic mass is 19.4. The zero-order valence-electron chi connectivity index (χ0n) is 20.1. The minimum Gasteiger partial charge on any atom is -0.373 e. The van der Waals surface area contributed by atoms with Crippen LogP contribution in [0, 0.1) is 11.3 Å². The second kappa shape index (κ2) is 9.67. The van der Waals surface area contributed by atoms with E-state index in [0.717, 1.165) is 5.56 Å². The van der Waals surface area contributed by atoms with E-state index in [4.69, 9.17) is 4.74 Å². The van der Waals surface area contributed by atoms with Crippen LogP contribution in [0.3, 0.4) is 0 Å². The number of hydrogen-bond donors (Lipinski definition) is 0. The fraction of sp³-hybridized carbons (Fsp3) is 0.481. The summed E-state index contributed by atoms with van der Waals surface area (Å²) in [5.74, 6) is -0.0661. The number of ether oxygens (including phenoxy) is 1. The van der Waals surface area contributed by atoms with Crippen molar-refractivity contribution in [2.45, 2.75) is 68.4 Å². The average Bonchev–Trinajstić information content (AvgIpc) is 2.86. The molecule has 0 N–H and O–H groups in total. The molecule has 1 atom stereocenters. The summed E-state index contributed by atoms with van der Waals surface area (Å²) in [6.45, 7) is 1.98. The Morgan fingerprint density at radius 3 is 1.97 bits per heavy atom. The topological polar surface area (TPSA) is 53.3 Å². The van der Waals surface area contributed by atoms with Crippen molar-refractivity contribution >= 4 is 5.91 Å². The molecule has 198 valence electrons. The zero-order chi connectivity index (χ0) is 27.1. The van der Waals surface area contributed by atoms with Gasteiger partial charge in [0.05, 0.1) is 29.9 Å². The van der Waals surface area contributed by atoms with Crippen LogP contribution < -0.4 is 0 Å². The number of likely N-dealkylation sites (tertiary alicyclic amines) is 1. The number of nitriles is 1. The summed E-state index contributed by atoms with van der Waals surface area (Å²) in [4.78, 5) is 13.7. The lowest BCUT2D eigenvalue weighted by Gasteiger charge is -2.51. The molecule has 1 saturated heterocycles. The molecular formula is C27H26F6N2O2. The fourth-order valence-electron chi connectivity index (χ4n) is 5.25. The fourth-order valence-corrected chi connectivity index (χ4v) is 5.25. The monoisotopic (exact) mass is 524 g/mol. The Morgan fingerprint density at radius 2 is 1.54 bits per heavy atom. The van der Waals surface area contributed by atoms with Crippen LogP contribution in [0.15, 0.2) is 48.5 Å². The molecule has 2 aromatic carbocycles. The van der Waals surface area contributed by atoms with Crippen LogP contribution in [-0.4, -0.2) is 29.5 Å². The number of carbonyl (C=O) groups is 1. The molecule has 2 fully saturated rings. The molecule has 0 radical (unpaired) electrons. The Hall–Kier alpha value is -3.06. The van der Waals surface area contributed by atoms with Crippen molar-refractivity contribution in [1.82, 2.24) is 4.90 Å². The molecule has 2 aromatic rings. The molecular weight excluding hydrogens is 498 g/mol. The van der Waals surface area contributed by atoms with E-state index < -0.39 is 40.5 Å². The van der Waals surface area contributed by atoms with Gasteiger partial charge in [-0.05, 0) is 61.9 Å². The lowest BCUT2D eigenvalue weighted by Crippen LogP contribution is -2.60. The van der Waals surface area contributed by atoms with E-state index in [2.05, 4.69) is 6.07 Å². The number of nitrogens with zero attached hydrogens (tertiary/aromatic N) is 2. The van der Waals surface area contributed by atoms with Gasteiger partial charge in [-0.1, -0.05) is 30.3 Å². The van der Waals surface area contributed by atoms with E-state index in [1.807, 2.05) is 30.3 Å². The Labute approximate surface area is 210 Å². The SMILES string of the molecule is C[C@@H](OCC1(c2ccccc2)CCC(C#N)(N2CCC2=O)CC1)c1cc(C(F)(F)F)cc(C(F)(F)F)c1. The molecule has 10 heteroatoms. The highest BCUT2D eigenvalue weighted by molar-refractivity contribution is 5.83. The van der Waals surface area contributed by atoms with E-state index in [-0.39, 0.29) is 24.1 Å². The van der Waals surface area contributed by atoms with E-state index >= 15 is 0 Å². The number of rotatable bonds is 6. The van der Waals surface area contributed by atoms with E-state index in [1.165, 1.54) is 6.92 Å². The number of benzene rings is 2. The molecule has 1 aliphatic heterocycles. The van der Waals surface area contributed by atoms with Crippen molar-refractivity contribution in [3.8, 4) is 6.07 Å². The minimum atomic E-state index is -4.95. The van der Waals surface area contributed by atoms with Crippen molar-refractivity contribution in [2.24, 2.45) is 0 Å². The second-order valence-electron chi connectivity index (χ2n) is 9.88. The molecule has 1 heterocycles. The maximum absolute atomic E-state index is 13.3. The Balaban J connectivity index is 1.59. The van der Waals surface area contributed by atoms with Crippen LogP contribution in [0.25, 0.3) is 0 Å². The number of carbonyl (C=O) groups excluding carboxylic acids is 1. The van der Waals surface area contributed by atoms with Gasteiger partial charge in [-0.3, -0.25) is 4.79 Å². The maximum atomic E-state index is 13.3. The van der Waals surface area contributed by atoms with Gasteiger partial charge in [-0.2, -0.15) is 31.6 Å². The Kier molecular flexibility index (Phi) is 7.06. The minimum absolute atomic E-state index is 0.0330. The van der Waals surface area contributed by atoms with Gasteiger partial charge in [-0.15, -0.1) is 0 Å². The first-order valence-corrected chi connectivity index (χ1v) is 12.0. The number of β-lactam (4-membered cyclic amide) rings is 1. The third-order valence-electron chi connectivity index (χ3n) is 7.68. The van der Waals surface area contributed by atoms with Crippen LogP contribution in [0.1, 0.15) is 67.4 Å². The van der Waals surface area contributed by atoms with Crippen molar-refractivity contribution in [3.05, 3.63) is 70.8 Å². The van der Waals surface area contributed by atoms with Crippen molar-refractivity contribution in [3.63, 3.8) is 0 Å². The Bertz CT molecular complexity index is 1150. The van der Waals surface area contributed by atoms with Crippen LogP contribution in [-0.2, 0) is 27.3 Å². The maximum Gasteiger partial charge on any atom is 0.416 e. The number of amides is 1. The van der Waals surface area contributed by atoms with E-state index in [1.54, 1.807) is 4.90 Å². The highest BCUT2D eigenvalue weighted by Gasteiger charge is 2.51. The number of hydrogen-bond acceptors (Lipinski definition) is 3. The predicted molar refractivity (Wildman–Crippen MR) is 122 cm³/mol. The Morgan fingerprint density at radius 1 is 0.973 bits per heavy atom. The van der Waals surface area contributed by atoms with Gasteiger partial charge >= 0.3 is 12.4 Å². The molecule has 1 saturated carbocycles. The first-order chi connectivity index (χ1) is 17.3. The molecule has 4 rings (SSSR count). The number of alkyl halides is 6. The van der Waals surface area contributed by atoms with Gasteiger partial charge in [0, 0.05) is 18.4 Å². The molecule has 0 bridgehead atoms. The van der Waals surface area contributed by atoms with Gasteiger partial charge in [0.1, 0.15) is 5.54 Å². The molecule has 4 nitrogen and oxygen atoms in total. The lowest BCUT2D eigenvalue weighted by molar-refractivity contribution is -0.148. The predicted octanol–water partition coefficient (Wildman–Crippen LogP) is 6.81. The third-order valence-corrected chi connectivity index (χ3v) is 7.68. The summed E-state index contributed by atoms with van der Waals surface area (Å²) >= 11 is 0. The summed E-state index contributed by atoms with van der Waals surface area (Å²) in [6.07, 6.45) is -8.81. The van der Waals surface area contributed by atoms with Gasteiger partial charge in [0.25, 0.3) is 0 Å². The van der Waals surface area contributed by atoms with E-state index in [9.17, 15) is 36.4 Å². The average molecular weight is 525 g/mol. The largest absolute Gasteiger partial charge is 0.416 e.